The Balaban J connectivity index is 1.85. The highest BCUT2D eigenvalue weighted by Crippen LogP contribution is 2.25. The number of phenols is 1. The van der Waals surface area contributed by atoms with Crippen molar-refractivity contribution in [1.82, 2.24) is 14.8 Å². The summed E-state index contributed by atoms with van der Waals surface area (Å²) in [6, 6.07) is 20.2. The molecule has 4 aromatic rings. The molecule has 0 fully saturated rings. The summed E-state index contributed by atoms with van der Waals surface area (Å²) in [4.78, 5) is 15.2. The summed E-state index contributed by atoms with van der Waals surface area (Å²) in [5, 5.41) is 13.8. The molecule has 0 saturated heterocycles. The molecule has 0 unspecified atom stereocenters. The molecule has 0 bridgehead atoms. The van der Waals surface area contributed by atoms with Crippen LogP contribution in [0, 0.1) is 0 Å². The van der Waals surface area contributed by atoms with Crippen LogP contribution in [0.25, 0.3) is 28.1 Å². The van der Waals surface area contributed by atoms with Crippen molar-refractivity contribution in [2.45, 2.75) is 0 Å². The van der Waals surface area contributed by atoms with Crippen molar-refractivity contribution in [3.05, 3.63) is 89.5 Å². The quantitative estimate of drug-likeness (QED) is 0.603. The summed E-state index contributed by atoms with van der Waals surface area (Å²) in [7, 11) is 0. The largest absolute Gasteiger partial charge is 0.508 e. The molecule has 2 N–H and O–H groups in total. The molecule has 2 heterocycles. The second-order valence-electron chi connectivity index (χ2n) is 5.64. The molecule has 0 atom stereocenters. The van der Waals surface area contributed by atoms with E-state index in [-0.39, 0.29) is 11.3 Å². The van der Waals surface area contributed by atoms with E-state index in [4.69, 9.17) is 0 Å². The minimum absolute atomic E-state index is 0.180. The van der Waals surface area contributed by atoms with Gasteiger partial charge < -0.3 is 10.1 Å². The molecule has 5 nitrogen and oxygen atoms in total. The van der Waals surface area contributed by atoms with E-state index in [0.717, 1.165) is 16.8 Å². The van der Waals surface area contributed by atoms with Crippen molar-refractivity contribution >= 4 is 0 Å². The molecule has 0 radical (unpaired) electrons. The number of aromatic amines is 1. The van der Waals surface area contributed by atoms with Crippen LogP contribution in [0.2, 0.25) is 0 Å². The number of rotatable bonds is 3. The van der Waals surface area contributed by atoms with Crippen molar-refractivity contribution in [3.63, 3.8) is 0 Å². The molecule has 0 aliphatic heterocycles. The summed E-state index contributed by atoms with van der Waals surface area (Å²) < 4.78 is 1.74. The minimum atomic E-state index is -0.180. The van der Waals surface area contributed by atoms with E-state index >= 15 is 0 Å². The standard InChI is InChI=1S/C20H15N3O2/c24-17-8-6-14(7-9-17)15-12-18(20(25)21-13-15)19-10-11-22-23(19)16-4-2-1-3-5-16/h1-13,24H,(H,21,25). The second kappa shape index (κ2) is 6.13. The van der Waals surface area contributed by atoms with Gasteiger partial charge in [0.2, 0.25) is 0 Å². The summed E-state index contributed by atoms with van der Waals surface area (Å²) in [6.07, 6.45) is 3.34. The van der Waals surface area contributed by atoms with E-state index in [0.29, 0.717) is 11.3 Å². The van der Waals surface area contributed by atoms with E-state index in [1.54, 1.807) is 41.3 Å². The van der Waals surface area contributed by atoms with Gasteiger partial charge in [0, 0.05) is 6.20 Å². The van der Waals surface area contributed by atoms with Crippen LogP contribution < -0.4 is 5.56 Å². The molecule has 2 aromatic carbocycles. The van der Waals surface area contributed by atoms with Gasteiger partial charge in [0.15, 0.2) is 0 Å². The number of aromatic hydroxyl groups is 1. The van der Waals surface area contributed by atoms with Crippen LogP contribution in [0.5, 0.6) is 5.75 Å². The highest BCUT2D eigenvalue weighted by atomic mass is 16.3. The Morgan fingerprint density at radius 2 is 1.68 bits per heavy atom. The molecule has 5 heteroatoms. The van der Waals surface area contributed by atoms with Gasteiger partial charge in [-0.1, -0.05) is 30.3 Å². The van der Waals surface area contributed by atoms with Gasteiger partial charge in [-0.3, -0.25) is 4.79 Å². The lowest BCUT2D eigenvalue weighted by atomic mass is 10.0. The number of benzene rings is 2. The zero-order chi connectivity index (χ0) is 17.2. The highest BCUT2D eigenvalue weighted by molar-refractivity contribution is 5.71. The van der Waals surface area contributed by atoms with Crippen LogP contribution in [0.3, 0.4) is 0 Å². The summed E-state index contributed by atoms with van der Waals surface area (Å²) >= 11 is 0. The summed E-state index contributed by atoms with van der Waals surface area (Å²) in [5.41, 5.74) is 3.72. The Morgan fingerprint density at radius 1 is 0.920 bits per heavy atom. The van der Waals surface area contributed by atoms with Gasteiger partial charge in [0.25, 0.3) is 5.56 Å². The molecule has 122 valence electrons. The topological polar surface area (TPSA) is 70.9 Å². The number of phenolic OH excluding ortho intramolecular Hbond substituents is 1. The Bertz CT molecular complexity index is 1060. The van der Waals surface area contributed by atoms with Crippen molar-refractivity contribution in [1.29, 1.82) is 0 Å². The number of H-pyrrole nitrogens is 1. The SMILES string of the molecule is O=c1[nH]cc(-c2ccc(O)cc2)cc1-c1ccnn1-c1ccccc1. The Hall–Kier alpha value is -3.60. The zero-order valence-electron chi connectivity index (χ0n) is 13.3. The number of para-hydroxylation sites is 1. The first-order chi connectivity index (χ1) is 12.2. The van der Waals surface area contributed by atoms with E-state index in [9.17, 15) is 9.90 Å². The van der Waals surface area contributed by atoms with Gasteiger partial charge >= 0.3 is 0 Å². The van der Waals surface area contributed by atoms with Gasteiger partial charge in [-0.25, -0.2) is 4.68 Å². The van der Waals surface area contributed by atoms with Gasteiger partial charge in [-0.05, 0) is 47.5 Å². The lowest BCUT2D eigenvalue weighted by Gasteiger charge is -2.09. The molecule has 4 rings (SSSR count). The fourth-order valence-electron chi connectivity index (χ4n) is 2.78. The highest BCUT2D eigenvalue weighted by Gasteiger charge is 2.12. The monoisotopic (exact) mass is 329 g/mol. The van der Waals surface area contributed by atoms with Crippen molar-refractivity contribution < 1.29 is 5.11 Å². The van der Waals surface area contributed by atoms with Gasteiger partial charge in [-0.2, -0.15) is 5.10 Å². The van der Waals surface area contributed by atoms with Gasteiger partial charge in [-0.15, -0.1) is 0 Å². The second-order valence-corrected chi connectivity index (χ2v) is 5.64. The van der Waals surface area contributed by atoms with Gasteiger partial charge in [0.05, 0.1) is 23.1 Å². The van der Waals surface area contributed by atoms with E-state index in [2.05, 4.69) is 10.1 Å². The van der Waals surface area contributed by atoms with E-state index in [1.165, 1.54) is 0 Å². The average molecular weight is 329 g/mol. The molecular weight excluding hydrogens is 314 g/mol. The zero-order valence-corrected chi connectivity index (χ0v) is 13.3. The first-order valence-corrected chi connectivity index (χ1v) is 7.84. The molecule has 25 heavy (non-hydrogen) atoms. The van der Waals surface area contributed by atoms with Crippen molar-refractivity contribution in [2.75, 3.05) is 0 Å². The lowest BCUT2D eigenvalue weighted by Crippen LogP contribution is -2.11. The number of hydrogen-bond acceptors (Lipinski definition) is 3. The molecule has 0 spiro atoms. The number of nitrogens with one attached hydrogen (secondary N) is 1. The van der Waals surface area contributed by atoms with Crippen LogP contribution in [-0.4, -0.2) is 19.9 Å². The number of pyridine rings is 1. The van der Waals surface area contributed by atoms with Crippen molar-refractivity contribution in [2.24, 2.45) is 0 Å². The number of aromatic nitrogens is 3. The van der Waals surface area contributed by atoms with E-state index in [1.807, 2.05) is 42.5 Å². The maximum atomic E-state index is 12.4. The summed E-state index contributed by atoms with van der Waals surface area (Å²) in [6.45, 7) is 0. The Morgan fingerprint density at radius 3 is 2.44 bits per heavy atom. The van der Waals surface area contributed by atoms with Crippen LogP contribution in [0.4, 0.5) is 0 Å². The van der Waals surface area contributed by atoms with Crippen LogP contribution in [0.15, 0.2) is 83.9 Å². The van der Waals surface area contributed by atoms with Crippen molar-refractivity contribution in [3.8, 4) is 33.8 Å². The molecule has 0 saturated carbocycles. The van der Waals surface area contributed by atoms with Gasteiger partial charge in [0.1, 0.15) is 5.75 Å². The molecule has 0 aliphatic carbocycles. The maximum Gasteiger partial charge on any atom is 0.257 e. The normalized spacial score (nSPS) is 10.7. The van der Waals surface area contributed by atoms with Crippen LogP contribution in [-0.2, 0) is 0 Å². The number of nitrogens with zero attached hydrogens (tertiary/aromatic N) is 2. The predicted molar refractivity (Wildman–Crippen MR) is 96.7 cm³/mol. The molecule has 2 aromatic heterocycles. The molecular formula is C20H15N3O2. The number of hydrogen-bond donors (Lipinski definition) is 2. The first-order valence-electron chi connectivity index (χ1n) is 7.84. The lowest BCUT2D eigenvalue weighted by molar-refractivity contribution is 0.475. The predicted octanol–water partition coefficient (Wildman–Crippen LogP) is 3.60. The van der Waals surface area contributed by atoms with E-state index < -0.39 is 0 Å². The third-order valence-electron chi connectivity index (χ3n) is 4.02. The Kier molecular flexibility index (Phi) is 3.67. The third-order valence-corrected chi connectivity index (χ3v) is 4.02. The fourth-order valence-corrected chi connectivity index (χ4v) is 2.78. The van der Waals surface area contributed by atoms with Crippen LogP contribution >= 0.6 is 0 Å². The fraction of sp³-hybridized carbons (Fsp3) is 0. The Labute approximate surface area is 143 Å². The molecule has 0 aliphatic rings. The molecule has 0 amide bonds. The maximum absolute atomic E-state index is 12.4. The smallest absolute Gasteiger partial charge is 0.257 e. The third kappa shape index (κ3) is 2.83. The first kappa shape index (κ1) is 15.0. The van der Waals surface area contributed by atoms with Crippen LogP contribution in [0.1, 0.15) is 0 Å². The average Bonchev–Trinajstić information content (AvgIpc) is 3.13. The minimum Gasteiger partial charge on any atom is -0.508 e. The summed E-state index contributed by atoms with van der Waals surface area (Å²) in [5.74, 6) is 0.204.